The van der Waals surface area contributed by atoms with Crippen LogP contribution in [-0.4, -0.2) is 25.1 Å². The number of amides is 1. The average molecular weight is 260 g/mol. The molecule has 1 amide bonds. The van der Waals surface area contributed by atoms with Crippen LogP contribution in [0.2, 0.25) is 0 Å². The van der Waals surface area contributed by atoms with Gasteiger partial charge in [-0.1, -0.05) is 12.1 Å². The molecule has 2 aliphatic heterocycles. The fraction of sp³-hybridized carbons (Fsp3) is 0.533. The third-order valence-corrected chi connectivity index (χ3v) is 3.79. The summed E-state index contributed by atoms with van der Waals surface area (Å²) in [5, 5.41) is 6.31. The van der Waals surface area contributed by atoms with E-state index in [-0.39, 0.29) is 12.0 Å². The molecule has 0 spiro atoms. The van der Waals surface area contributed by atoms with Gasteiger partial charge in [0.15, 0.2) is 6.10 Å². The number of carbonyl (C=O) groups is 1. The van der Waals surface area contributed by atoms with Gasteiger partial charge < -0.3 is 15.4 Å². The van der Waals surface area contributed by atoms with Gasteiger partial charge in [-0.3, -0.25) is 4.79 Å². The highest BCUT2D eigenvalue weighted by Crippen LogP contribution is 2.33. The molecular formula is C15H20N2O2. The minimum atomic E-state index is -0.349. The summed E-state index contributed by atoms with van der Waals surface area (Å²) in [6.07, 6.45) is 4.76. The lowest BCUT2D eigenvalue weighted by Crippen LogP contribution is -2.36. The molecule has 1 fully saturated rings. The van der Waals surface area contributed by atoms with E-state index in [0.717, 1.165) is 56.6 Å². The van der Waals surface area contributed by atoms with Crippen LogP contribution in [0.15, 0.2) is 18.2 Å². The lowest BCUT2D eigenvalue weighted by molar-refractivity contribution is -0.127. The lowest BCUT2D eigenvalue weighted by atomic mass is 10.0. The number of hydrogen-bond acceptors (Lipinski definition) is 3. The second kappa shape index (κ2) is 5.51. The summed E-state index contributed by atoms with van der Waals surface area (Å²) in [5.74, 6) is 0.838. The van der Waals surface area contributed by atoms with Gasteiger partial charge in [0.05, 0.1) is 5.69 Å². The van der Waals surface area contributed by atoms with Gasteiger partial charge in [0.1, 0.15) is 5.75 Å². The topological polar surface area (TPSA) is 50.4 Å². The first-order valence-corrected chi connectivity index (χ1v) is 7.15. The average Bonchev–Trinajstić information content (AvgIpc) is 2.65. The van der Waals surface area contributed by atoms with E-state index < -0.39 is 0 Å². The zero-order valence-corrected chi connectivity index (χ0v) is 11.1. The largest absolute Gasteiger partial charge is 0.478 e. The molecule has 0 saturated carbocycles. The molecule has 102 valence electrons. The fourth-order valence-corrected chi connectivity index (χ4v) is 2.75. The highest BCUT2D eigenvalue weighted by molar-refractivity contribution is 5.81. The normalized spacial score (nSPS) is 22.7. The minimum Gasteiger partial charge on any atom is -0.478 e. The van der Waals surface area contributed by atoms with Gasteiger partial charge in [0, 0.05) is 13.1 Å². The second-order valence-corrected chi connectivity index (χ2v) is 5.21. The monoisotopic (exact) mass is 260 g/mol. The van der Waals surface area contributed by atoms with Crippen molar-refractivity contribution in [3.05, 3.63) is 23.8 Å². The maximum Gasteiger partial charge on any atom is 0.261 e. The van der Waals surface area contributed by atoms with Crippen molar-refractivity contribution in [3.63, 3.8) is 0 Å². The van der Waals surface area contributed by atoms with Gasteiger partial charge in [-0.05, 0) is 43.7 Å². The van der Waals surface area contributed by atoms with Crippen molar-refractivity contribution in [2.75, 3.05) is 18.4 Å². The quantitative estimate of drug-likeness (QED) is 0.856. The van der Waals surface area contributed by atoms with Gasteiger partial charge in [-0.25, -0.2) is 0 Å². The van der Waals surface area contributed by atoms with Gasteiger partial charge in [-0.2, -0.15) is 0 Å². The minimum absolute atomic E-state index is 0.0194. The summed E-state index contributed by atoms with van der Waals surface area (Å²) < 4.78 is 5.97. The maximum absolute atomic E-state index is 11.9. The van der Waals surface area contributed by atoms with E-state index in [1.54, 1.807) is 0 Å². The molecule has 0 bridgehead atoms. The molecule has 1 saturated heterocycles. The molecule has 1 unspecified atom stereocenters. The molecule has 4 nitrogen and oxygen atoms in total. The van der Waals surface area contributed by atoms with E-state index in [0.29, 0.717) is 0 Å². The van der Waals surface area contributed by atoms with Crippen LogP contribution in [0.3, 0.4) is 0 Å². The van der Waals surface area contributed by atoms with E-state index in [4.69, 9.17) is 4.74 Å². The van der Waals surface area contributed by atoms with Crippen LogP contribution in [0.25, 0.3) is 0 Å². The van der Waals surface area contributed by atoms with E-state index in [1.165, 1.54) is 5.56 Å². The van der Waals surface area contributed by atoms with Crippen molar-refractivity contribution in [2.45, 2.75) is 38.2 Å². The molecule has 1 aromatic carbocycles. The zero-order chi connectivity index (χ0) is 13.1. The first-order valence-electron chi connectivity index (χ1n) is 7.15. The molecule has 1 atom stereocenters. The van der Waals surface area contributed by atoms with Crippen molar-refractivity contribution in [1.29, 1.82) is 0 Å². The first kappa shape index (κ1) is 12.3. The molecule has 0 aliphatic carbocycles. The summed E-state index contributed by atoms with van der Waals surface area (Å²) in [6, 6.07) is 6.09. The van der Waals surface area contributed by atoms with Crippen LogP contribution in [0.1, 0.15) is 31.2 Å². The number of hydrogen-bond donors (Lipinski definition) is 2. The van der Waals surface area contributed by atoms with E-state index in [1.807, 2.05) is 12.1 Å². The Kier molecular flexibility index (Phi) is 3.58. The predicted molar refractivity (Wildman–Crippen MR) is 74.5 cm³/mol. The first-order chi connectivity index (χ1) is 9.34. The molecule has 2 aliphatic rings. The molecule has 0 aromatic heterocycles. The number of nitrogens with one attached hydrogen (secondary N) is 2. The molecule has 4 heteroatoms. The van der Waals surface area contributed by atoms with Crippen LogP contribution in [-0.2, 0) is 11.2 Å². The van der Waals surface area contributed by atoms with Crippen LogP contribution in [0, 0.1) is 0 Å². The Bertz CT molecular complexity index is 473. The molecule has 1 aromatic rings. The third kappa shape index (κ3) is 2.67. The summed E-state index contributed by atoms with van der Waals surface area (Å²) in [7, 11) is 0. The Balaban J connectivity index is 1.80. The van der Waals surface area contributed by atoms with Gasteiger partial charge in [0.25, 0.3) is 5.91 Å². The molecule has 19 heavy (non-hydrogen) atoms. The Morgan fingerprint density at radius 2 is 2.00 bits per heavy atom. The lowest BCUT2D eigenvalue weighted by Gasteiger charge is -2.23. The highest BCUT2D eigenvalue weighted by atomic mass is 16.5. The summed E-state index contributed by atoms with van der Waals surface area (Å²) in [4.78, 5) is 11.9. The van der Waals surface area contributed by atoms with E-state index in [2.05, 4.69) is 16.7 Å². The molecule has 0 radical (unpaired) electrons. The molecular weight excluding hydrogens is 240 g/mol. The smallest absolute Gasteiger partial charge is 0.261 e. The van der Waals surface area contributed by atoms with E-state index in [9.17, 15) is 4.79 Å². The number of ether oxygens (including phenoxy) is 1. The van der Waals surface area contributed by atoms with Crippen molar-refractivity contribution in [1.82, 2.24) is 5.32 Å². The number of para-hydroxylation sites is 1. The SMILES string of the molecule is O=C1NCCCCC1Oc1cccc2c1NCCC2. The second-order valence-electron chi connectivity index (χ2n) is 5.21. The Morgan fingerprint density at radius 3 is 2.95 bits per heavy atom. The predicted octanol–water partition coefficient (Wildman–Crippen LogP) is 2.09. The summed E-state index contributed by atoms with van der Waals surface area (Å²) in [6.45, 7) is 1.74. The number of fused-ring (bicyclic) bond motifs is 1. The van der Waals surface area contributed by atoms with Crippen molar-refractivity contribution in [2.24, 2.45) is 0 Å². The number of carbonyl (C=O) groups excluding carboxylic acids is 1. The standard InChI is InChI=1S/C15H20N2O2/c18-15-13(7-1-2-9-17-15)19-12-8-3-5-11-6-4-10-16-14(11)12/h3,5,8,13,16H,1-2,4,6-7,9-10H2,(H,17,18). The van der Waals surface area contributed by atoms with Crippen LogP contribution < -0.4 is 15.4 Å². The van der Waals surface area contributed by atoms with Crippen molar-refractivity contribution in [3.8, 4) is 5.75 Å². The van der Waals surface area contributed by atoms with Crippen LogP contribution >= 0.6 is 0 Å². The summed E-state index contributed by atoms with van der Waals surface area (Å²) >= 11 is 0. The number of rotatable bonds is 2. The van der Waals surface area contributed by atoms with Crippen LogP contribution in [0.5, 0.6) is 5.75 Å². The zero-order valence-electron chi connectivity index (χ0n) is 11.1. The molecule has 2 heterocycles. The van der Waals surface area contributed by atoms with E-state index >= 15 is 0 Å². The highest BCUT2D eigenvalue weighted by Gasteiger charge is 2.24. The fourth-order valence-electron chi connectivity index (χ4n) is 2.75. The Morgan fingerprint density at radius 1 is 1.11 bits per heavy atom. The maximum atomic E-state index is 11.9. The summed E-state index contributed by atoms with van der Waals surface area (Å²) in [5.41, 5.74) is 2.36. The Labute approximate surface area is 113 Å². The van der Waals surface area contributed by atoms with Crippen molar-refractivity contribution >= 4 is 11.6 Å². The van der Waals surface area contributed by atoms with Crippen molar-refractivity contribution < 1.29 is 9.53 Å². The third-order valence-electron chi connectivity index (χ3n) is 3.79. The van der Waals surface area contributed by atoms with Gasteiger partial charge in [0.2, 0.25) is 0 Å². The van der Waals surface area contributed by atoms with Crippen LogP contribution in [0.4, 0.5) is 5.69 Å². The Hall–Kier alpha value is -1.71. The number of anilines is 1. The van der Waals surface area contributed by atoms with Gasteiger partial charge in [-0.15, -0.1) is 0 Å². The van der Waals surface area contributed by atoms with Gasteiger partial charge >= 0.3 is 0 Å². The number of benzene rings is 1. The molecule has 2 N–H and O–H groups in total. The number of aryl methyl sites for hydroxylation is 1. The molecule has 3 rings (SSSR count).